The molecule has 3 rings (SSSR count). The fourth-order valence-corrected chi connectivity index (χ4v) is 5.14. The van der Waals surface area contributed by atoms with Crippen LogP contribution < -0.4 is 9.62 Å². The number of hydrogen-bond donors (Lipinski definition) is 1. The first kappa shape index (κ1) is 26.3. The molecule has 0 bridgehead atoms. The summed E-state index contributed by atoms with van der Waals surface area (Å²) in [6, 6.07) is 12.9. The van der Waals surface area contributed by atoms with Gasteiger partial charge in [-0.05, 0) is 43.5 Å². The van der Waals surface area contributed by atoms with Crippen molar-refractivity contribution >= 4 is 50.7 Å². The minimum atomic E-state index is -3.83. The monoisotopic (exact) mass is 525 g/mol. The van der Waals surface area contributed by atoms with Crippen LogP contribution in [0.2, 0.25) is 10.0 Å². The van der Waals surface area contributed by atoms with E-state index >= 15 is 0 Å². The molecule has 2 amide bonds. The summed E-state index contributed by atoms with van der Waals surface area (Å²) >= 11 is 12.1. The second-order valence-corrected chi connectivity index (χ2v) is 11.3. The van der Waals surface area contributed by atoms with Gasteiger partial charge in [0.2, 0.25) is 21.8 Å². The number of halogens is 2. The number of nitrogens with zero attached hydrogens (tertiary/aromatic N) is 2. The summed E-state index contributed by atoms with van der Waals surface area (Å²) in [6.45, 7) is 1.34. The molecule has 0 aliphatic heterocycles. The Kier molecular flexibility index (Phi) is 8.84. The smallest absolute Gasteiger partial charge is 0.244 e. The van der Waals surface area contributed by atoms with Crippen molar-refractivity contribution in [3.8, 4) is 0 Å². The van der Waals surface area contributed by atoms with Gasteiger partial charge in [-0.15, -0.1) is 0 Å². The summed E-state index contributed by atoms with van der Waals surface area (Å²) in [6.07, 6.45) is 4.99. The summed E-state index contributed by atoms with van der Waals surface area (Å²) < 4.78 is 26.1. The van der Waals surface area contributed by atoms with E-state index in [4.69, 9.17) is 23.2 Å². The highest BCUT2D eigenvalue weighted by Crippen LogP contribution is 2.28. The molecule has 1 N–H and O–H groups in total. The molecule has 0 aromatic heterocycles. The zero-order chi connectivity index (χ0) is 24.9. The van der Waals surface area contributed by atoms with Crippen LogP contribution in [0.25, 0.3) is 0 Å². The van der Waals surface area contributed by atoms with Crippen LogP contribution in [-0.4, -0.2) is 50.0 Å². The second kappa shape index (κ2) is 11.4. The lowest BCUT2D eigenvalue weighted by Crippen LogP contribution is -2.52. The van der Waals surface area contributed by atoms with Gasteiger partial charge in [-0.3, -0.25) is 13.9 Å². The summed E-state index contributed by atoms with van der Waals surface area (Å²) in [5, 5.41) is 3.48. The van der Waals surface area contributed by atoms with Crippen LogP contribution in [0.15, 0.2) is 48.5 Å². The standard InChI is InChI=1S/C24H29Cl2N3O4S/c1-17(24(31)27-19-10-6-7-11-19)28(15-18-8-4-3-5-9-18)23(30)16-29(34(2,32)33)20-12-13-21(25)22(26)14-20/h3-5,8-9,12-14,17,19H,6-7,10-11,15-16H2,1-2H3,(H,27,31)/t17-/m1/s1. The fraction of sp³-hybridized carbons (Fsp3) is 0.417. The molecule has 1 saturated carbocycles. The van der Waals surface area contributed by atoms with E-state index in [1.165, 1.54) is 23.1 Å². The molecule has 0 saturated heterocycles. The number of carbonyl (C=O) groups excluding carboxylic acids is 2. The van der Waals surface area contributed by atoms with E-state index in [-0.39, 0.29) is 34.2 Å². The Morgan fingerprint density at radius 1 is 1.06 bits per heavy atom. The molecule has 1 atom stereocenters. The summed E-state index contributed by atoms with van der Waals surface area (Å²) in [7, 11) is -3.83. The van der Waals surface area contributed by atoms with E-state index in [0.717, 1.165) is 41.8 Å². The fourth-order valence-electron chi connectivity index (χ4n) is 4.01. The van der Waals surface area contributed by atoms with E-state index in [9.17, 15) is 18.0 Å². The van der Waals surface area contributed by atoms with Crippen LogP contribution in [0.3, 0.4) is 0 Å². The molecule has 184 valence electrons. The Hall–Kier alpha value is -2.29. The highest BCUT2D eigenvalue weighted by atomic mass is 35.5. The number of anilines is 1. The van der Waals surface area contributed by atoms with Gasteiger partial charge in [0.05, 0.1) is 22.0 Å². The van der Waals surface area contributed by atoms with Gasteiger partial charge >= 0.3 is 0 Å². The van der Waals surface area contributed by atoms with E-state index in [1.807, 2.05) is 30.3 Å². The molecular weight excluding hydrogens is 497 g/mol. The number of nitrogens with one attached hydrogen (secondary N) is 1. The predicted octanol–water partition coefficient (Wildman–Crippen LogP) is 4.24. The van der Waals surface area contributed by atoms with Crippen LogP contribution in [0, 0.1) is 0 Å². The van der Waals surface area contributed by atoms with Crippen LogP contribution >= 0.6 is 23.2 Å². The van der Waals surface area contributed by atoms with Crippen molar-refractivity contribution in [3.05, 3.63) is 64.1 Å². The van der Waals surface area contributed by atoms with Gasteiger partial charge in [-0.2, -0.15) is 0 Å². The maximum absolute atomic E-state index is 13.5. The minimum absolute atomic E-state index is 0.104. The number of rotatable bonds is 9. The lowest BCUT2D eigenvalue weighted by molar-refractivity contribution is -0.139. The molecule has 0 radical (unpaired) electrons. The van der Waals surface area contributed by atoms with Crippen molar-refractivity contribution < 1.29 is 18.0 Å². The number of hydrogen-bond acceptors (Lipinski definition) is 4. The molecular formula is C24H29Cl2N3O4S. The molecule has 1 fully saturated rings. The van der Waals surface area contributed by atoms with E-state index in [2.05, 4.69) is 5.32 Å². The number of benzene rings is 2. The first-order chi connectivity index (χ1) is 16.1. The normalized spacial score (nSPS) is 15.1. The lowest BCUT2D eigenvalue weighted by atomic mass is 10.1. The maximum atomic E-state index is 13.5. The van der Waals surface area contributed by atoms with Gasteiger partial charge in [-0.25, -0.2) is 8.42 Å². The van der Waals surface area contributed by atoms with E-state index in [0.29, 0.717) is 0 Å². The molecule has 34 heavy (non-hydrogen) atoms. The Bertz CT molecular complexity index is 1120. The third kappa shape index (κ3) is 6.87. The highest BCUT2D eigenvalue weighted by molar-refractivity contribution is 7.92. The molecule has 7 nitrogen and oxygen atoms in total. The first-order valence-corrected chi connectivity index (χ1v) is 13.7. The summed E-state index contributed by atoms with van der Waals surface area (Å²) in [4.78, 5) is 27.9. The van der Waals surface area contributed by atoms with Crippen LogP contribution in [0.4, 0.5) is 5.69 Å². The summed E-state index contributed by atoms with van der Waals surface area (Å²) in [5.74, 6) is -0.758. The second-order valence-electron chi connectivity index (χ2n) is 8.54. The van der Waals surface area contributed by atoms with Crippen molar-refractivity contribution in [2.45, 2.75) is 51.2 Å². The average Bonchev–Trinajstić information content (AvgIpc) is 3.30. The SMILES string of the molecule is C[C@H](C(=O)NC1CCCC1)N(Cc1ccccc1)C(=O)CN(c1ccc(Cl)c(Cl)c1)S(C)(=O)=O. The largest absolute Gasteiger partial charge is 0.352 e. The van der Waals surface area contributed by atoms with Gasteiger partial charge < -0.3 is 10.2 Å². The lowest BCUT2D eigenvalue weighted by Gasteiger charge is -2.32. The van der Waals surface area contributed by atoms with Crippen LogP contribution in [0.5, 0.6) is 0 Å². The van der Waals surface area contributed by atoms with Crippen molar-refractivity contribution in [1.82, 2.24) is 10.2 Å². The van der Waals surface area contributed by atoms with Crippen LogP contribution in [0.1, 0.15) is 38.2 Å². The summed E-state index contributed by atoms with van der Waals surface area (Å²) in [5.41, 5.74) is 1.05. The molecule has 1 aliphatic carbocycles. The Balaban J connectivity index is 1.87. The van der Waals surface area contributed by atoms with Gasteiger partial charge in [0.15, 0.2) is 0 Å². The zero-order valence-corrected chi connectivity index (χ0v) is 21.5. The van der Waals surface area contributed by atoms with Gasteiger partial charge in [-0.1, -0.05) is 66.4 Å². The average molecular weight is 526 g/mol. The third-order valence-corrected chi connectivity index (χ3v) is 7.81. The molecule has 2 aromatic carbocycles. The number of sulfonamides is 1. The number of carbonyl (C=O) groups is 2. The predicted molar refractivity (Wildman–Crippen MR) is 136 cm³/mol. The van der Waals surface area contributed by atoms with E-state index in [1.54, 1.807) is 6.92 Å². The van der Waals surface area contributed by atoms with Gasteiger partial charge in [0.1, 0.15) is 12.6 Å². The topological polar surface area (TPSA) is 86.8 Å². The minimum Gasteiger partial charge on any atom is -0.352 e. The molecule has 0 spiro atoms. The number of amides is 2. The zero-order valence-electron chi connectivity index (χ0n) is 19.2. The van der Waals surface area contributed by atoms with Crippen LogP contribution in [-0.2, 0) is 26.2 Å². The van der Waals surface area contributed by atoms with Crippen molar-refractivity contribution in [1.29, 1.82) is 0 Å². The molecule has 1 aliphatic rings. The maximum Gasteiger partial charge on any atom is 0.244 e. The van der Waals surface area contributed by atoms with Gasteiger partial charge in [0, 0.05) is 12.6 Å². The quantitative estimate of drug-likeness (QED) is 0.530. The molecule has 0 unspecified atom stereocenters. The highest BCUT2D eigenvalue weighted by Gasteiger charge is 2.31. The Labute approximate surface area is 211 Å². The van der Waals surface area contributed by atoms with Crippen molar-refractivity contribution in [2.24, 2.45) is 0 Å². The Morgan fingerprint density at radius 2 is 1.71 bits per heavy atom. The van der Waals surface area contributed by atoms with Gasteiger partial charge in [0.25, 0.3) is 0 Å². The third-order valence-electron chi connectivity index (χ3n) is 5.93. The van der Waals surface area contributed by atoms with Crippen molar-refractivity contribution in [2.75, 3.05) is 17.1 Å². The molecule has 10 heteroatoms. The molecule has 2 aromatic rings. The van der Waals surface area contributed by atoms with E-state index < -0.39 is 28.5 Å². The first-order valence-electron chi connectivity index (χ1n) is 11.1. The molecule has 0 heterocycles. The van der Waals surface area contributed by atoms with Crippen molar-refractivity contribution in [3.63, 3.8) is 0 Å². The Morgan fingerprint density at radius 3 is 2.29 bits per heavy atom.